The van der Waals surface area contributed by atoms with Crippen molar-refractivity contribution in [3.05, 3.63) is 11.6 Å². The van der Waals surface area contributed by atoms with Crippen LogP contribution in [0.5, 0.6) is 0 Å². The third-order valence-corrected chi connectivity index (χ3v) is 3.20. The lowest BCUT2D eigenvalue weighted by Gasteiger charge is -2.13. The Bertz CT molecular complexity index is 319. The molecule has 0 bridgehead atoms. The van der Waals surface area contributed by atoms with Crippen LogP contribution in [0.15, 0.2) is 11.6 Å². The Morgan fingerprint density at radius 2 is 2.14 bits per heavy atom. The van der Waals surface area contributed by atoms with Gasteiger partial charge in [0.1, 0.15) is 0 Å². The molecule has 0 aromatic carbocycles. The average Bonchev–Trinajstić information content (AvgIpc) is 2.86. The van der Waals surface area contributed by atoms with Gasteiger partial charge in [-0.05, 0) is 25.2 Å². The lowest BCUT2D eigenvalue weighted by Crippen LogP contribution is -2.33. The van der Waals surface area contributed by atoms with Gasteiger partial charge in [0.05, 0.1) is 0 Å². The van der Waals surface area contributed by atoms with Crippen LogP contribution < -0.4 is 0 Å². The minimum Gasteiger partial charge on any atom is -0.275 e. The Labute approximate surface area is 83.8 Å². The fraction of sp³-hybridized carbons (Fsp3) is 0.636. The summed E-state index contributed by atoms with van der Waals surface area (Å²) in [5, 5.41) is 0. The lowest BCUT2D eigenvalue weighted by molar-refractivity contribution is -0.137. The molecule has 2 unspecified atom stereocenters. The number of hydrogen-bond acceptors (Lipinski definition) is 2. The zero-order chi connectivity index (χ0) is 10.3. The van der Waals surface area contributed by atoms with Crippen molar-refractivity contribution in [1.29, 1.82) is 0 Å². The van der Waals surface area contributed by atoms with Crippen LogP contribution in [-0.4, -0.2) is 23.3 Å². The highest BCUT2D eigenvalue weighted by atomic mass is 16.2. The van der Waals surface area contributed by atoms with E-state index in [4.69, 9.17) is 0 Å². The van der Waals surface area contributed by atoms with Crippen LogP contribution in [-0.2, 0) is 9.59 Å². The quantitative estimate of drug-likeness (QED) is 0.634. The Morgan fingerprint density at radius 3 is 2.57 bits per heavy atom. The molecule has 14 heavy (non-hydrogen) atoms. The maximum absolute atomic E-state index is 11.5. The number of amides is 2. The Morgan fingerprint density at radius 1 is 1.43 bits per heavy atom. The van der Waals surface area contributed by atoms with E-state index in [0.717, 1.165) is 12.3 Å². The van der Waals surface area contributed by atoms with Gasteiger partial charge in [0.25, 0.3) is 11.8 Å². The van der Waals surface area contributed by atoms with Crippen LogP contribution in [0.1, 0.15) is 26.7 Å². The molecular formula is C11H15NO2. The lowest BCUT2D eigenvalue weighted by atomic mass is 10.2. The molecular weight excluding hydrogens is 178 g/mol. The number of carbonyl (C=O) groups is 2. The normalized spacial score (nSPS) is 31.0. The van der Waals surface area contributed by atoms with Crippen molar-refractivity contribution in [1.82, 2.24) is 4.90 Å². The van der Waals surface area contributed by atoms with E-state index in [1.165, 1.54) is 17.4 Å². The highest BCUT2D eigenvalue weighted by Gasteiger charge is 2.40. The molecule has 1 aliphatic carbocycles. The topological polar surface area (TPSA) is 37.4 Å². The molecule has 1 fully saturated rings. The molecule has 2 aliphatic rings. The highest BCUT2D eigenvalue weighted by Crippen LogP contribution is 2.41. The van der Waals surface area contributed by atoms with Crippen molar-refractivity contribution in [2.24, 2.45) is 11.8 Å². The molecule has 3 heteroatoms. The summed E-state index contributed by atoms with van der Waals surface area (Å²) in [6.45, 7) is 4.48. The molecule has 76 valence electrons. The van der Waals surface area contributed by atoms with Gasteiger partial charge in [-0.3, -0.25) is 14.5 Å². The van der Waals surface area contributed by atoms with Gasteiger partial charge in [-0.15, -0.1) is 0 Å². The SMILES string of the molecule is CCC1CC1CN1C(=O)C=C(C)C1=O. The number of nitrogens with zero attached hydrogens (tertiary/aromatic N) is 1. The van der Waals surface area contributed by atoms with Crippen LogP contribution in [0.3, 0.4) is 0 Å². The fourth-order valence-electron chi connectivity index (χ4n) is 2.08. The van der Waals surface area contributed by atoms with Crippen LogP contribution >= 0.6 is 0 Å². The second-order valence-electron chi connectivity index (χ2n) is 4.25. The maximum Gasteiger partial charge on any atom is 0.256 e. The predicted octanol–water partition coefficient (Wildman–Crippen LogP) is 1.35. The summed E-state index contributed by atoms with van der Waals surface area (Å²) in [7, 11) is 0. The van der Waals surface area contributed by atoms with Gasteiger partial charge >= 0.3 is 0 Å². The van der Waals surface area contributed by atoms with Gasteiger partial charge in [0, 0.05) is 18.2 Å². The first-order valence-electron chi connectivity index (χ1n) is 5.17. The van der Waals surface area contributed by atoms with Crippen molar-refractivity contribution < 1.29 is 9.59 Å². The minimum absolute atomic E-state index is 0.100. The van der Waals surface area contributed by atoms with E-state index in [0.29, 0.717) is 18.0 Å². The van der Waals surface area contributed by atoms with Crippen molar-refractivity contribution in [2.45, 2.75) is 26.7 Å². The molecule has 0 aromatic heterocycles. The largest absolute Gasteiger partial charge is 0.275 e. The molecule has 0 radical (unpaired) electrons. The highest BCUT2D eigenvalue weighted by molar-refractivity contribution is 6.15. The van der Waals surface area contributed by atoms with E-state index in [-0.39, 0.29) is 11.8 Å². The zero-order valence-corrected chi connectivity index (χ0v) is 8.62. The third kappa shape index (κ3) is 1.47. The summed E-state index contributed by atoms with van der Waals surface area (Å²) in [5.41, 5.74) is 0.573. The number of imide groups is 1. The van der Waals surface area contributed by atoms with Crippen LogP contribution in [0.25, 0.3) is 0 Å². The molecule has 3 nitrogen and oxygen atoms in total. The fourth-order valence-corrected chi connectivity index (χ4v) is 2.08. The summed E-state index contributed by atoms with van der Waals surface area (Å²) in [6, 6.07) is 0. The average molecular weight is 193 g/mol. The maximum atomic E-state index is 11.5. The van der Waals surface area contributed by atoms with Crippen molar-refractivity contribution in [3.63, 3.8) is 0 Å². The summed E-state index contributed by atoms with van der Waals surface area (Å²) < 4.78 is 0. The van der Waals surface area contributed by atoms with Gasteiger partial charge < -0.3 is 0 Å². The zero-order valence-electron chi connectivity index (χ0n) is 8.62. The second-order valence-corrected chi connectivity index (χ2v) is 4.25. The van der Waals surface area contributed by atoms with Crippen LogP contribution in [0.2, 0.25) is 0 Å². The summed E-state index contributed by atoms with van der Waals surface area (Å²) in [4.78, 5) is 24.3. The first-order chi connectivity index (χ1) is 6.63. The molecule has 0 N–H and O–H groups in total. The van der Waals surface area contributed by atoms with Crippen molar-refractivity contribution in [3.8, 4) is 0 Å². The molecule has 1 saturated carbocycles. The molecule has 2 atom stereocenters. The van der Waals surface area contributed by atoms with E-state index in [1.54, 1.807) is 6.92 Å². The minimum atomic E-state index is -0.130. The number of rotatable bonds is 3. The summed E-state index contributed by atoms with van der Waals surface area (Å²) in [6.07, 6.45) is 3.77. The number of hydrogen-bond donors (Lipinski definition) is 0. The van der Waals surface area contributed by atoms with Crippen molar-refractivity contribution >= 4 is 11.8 Å². The molecule has 0 aromatic rings. The molecule has 2 amide bonds. The second kappa shape index (κ2) is 3.23. The first kappa shape index (κ1) is 9.44. The van der Waals surface area contributed by atoms with Gasteiger partial charge in [0.15, 0.2) is 0 Å². The van der Waals surface area contributed by atoms with Gasteiger partial charge in [0.2, 0.25) is 0 Å². The van der Waals surface area contributed by atoms with E-state index in [1.807, 2.05) is 0 Å². The Hall–Kier alpha value is -1.12. The standard InChI is InChI=1S/C11H15NO2/c1-3-8-5-9(8)6-12-10(13)4-7(2)11(12)14/h4,8-9H,3,5-6H2,1-2H3. The molecule has 1 heterocycles. The molecule has 1 aliphatic heterocycles. The molecule has 0 spiro atoms. The third-order valence-electron chi connectivity index (χ3n) is 3.20. The van der Waals surface area contributed by atoms with E-state index >= 15 is 0 Å². The van der Waals surface area contributed by atoms with E-state index in [9.17, 15) is 9.59 Å². The summed E-state index contributed by atoms with van der Waals surface area (Å²) >= 11 is 0. The first-order valence-corrected chi connectivity index (χ1v) is 5.17. The van der Waals surface area contributed by atoms with Gasteiger partial charge in [-0.25, -0.2) is 0 Å². The van der Waals surface area contributed by atoms with E-state index < -0.39 is 0 Å². The molecule has 2 rings (SSSR count). The smallest absolute Gasteiger partial charge is 0.256 e. The van der Waals surface area contributed by atoms with Crippen LogP contribution in [0.4, 0.5) is 0 Å². The summed E-state index contributed by atoms with van der Waals surface area (Å²) in [5.74, 6) is 1.06. The Kier molecular flexibility index (Phi) is 2.17. The van der Waals surface area contributed by atoms with Gasteiger partial charge in [-0.1, -0.05) is 13.3 Å². The molecule has 0 saturated heterocycles. The monoisotopic (exact) mass is 193 g/mol. The predicted molar refractivity (Wildman–Crippen MR) is 52.4 cm³/mol. The van der Waals surface area contributed by atoms with Crippen LogP contribution in [0, 0.1) is 11.8 Å². The van der Waals surface area contributed by atoms with Gasteiger partial charge in [-0.2, -0.15) is 0 Å². The van der Waals surface area contributed by atoms with Crippen molar-refractivity contribution in [2.75, 3.05) is 6.54 Å². The number of carbonyl (C=O) groups excluding carboxylic acids is 2. The Balaban J connectivity index is 1.94. The van der Waals surface area contributed by atoms with E-state index in [2.05, 4.69) is 6.92 Å².